The van der Waals surface area contributed by atoms with Crippen molar-refractivity contribution in [2.24, 2.45) is 11.7 Å². The Balaban J connectivity index is 2.58. The molecule has 3 atom stereocenters. The van der Waals surface area contributed by atoms with Crippen LogP contribution in [0.15, 0.2) is 0 Å². The fraction of sp³-hybridized carbons (Fsp3) is 0.923. The van der Waals surface area contributed by atoms with E-state index in [-0.39, 0.29) is 24.1 Å². The summed E-state index contributed by atoms with van der Waals surface area (Å²) in [7, 11) is 0. The monoisotopic (exact) mass is 242 g/mol. The zero-order valence-corrected chi connectivity index (χ0v) is 11.5. The molecule has 4 heteroatoms. The van der Waals surface area contributed by atoms with Gasteiger partial charge in [0.1, 0.15) is 0 Å². The first-order valence-corrected chi connectivity index (χ1v) is 6.62. The number of carbonyl (C=O) groups excluding carboxylic acids is 1. The van der Waals surface area contributed by atoms with Crippen LogP contribution in [0.25, 0.3) is 0 Å². The van der Waals surface area contributed by atoms with Crippen LogP contribution in [-0.4, -0.2) is 42.1 Å². The minimum absolute atomic E-state index is 0.0434. The van der Waals surface area contributed by atoms with E-state index < -0.39 is 0 Å². The molecule has 1 rings (SSSR count). The third-order valence-electron chi connectivity index (χ3n) is 3.53. The van der Waals surface area contributed by atoms with E-state index in [1.54, 1.807) is 0 Å². The molecule has 1 saturated heterocycles. The van der Waals surface area contributed by atoms with Gasteiger partial charge < -0.3 is 15.4 Å². The fourth-order valence-corrected chi connectivity index (χ4v) is 2.04. The fourth-order valence-electron chi connectivity index (χ4n) is 2.04. The van der Waals surface area contributed by atoms with Gasteiger partial charge in [0, 0.05) is 19.0 Å². The van der Waals surface area contributed by atoms with Gasteiger partial charge >= 0.3 is 0 Å². The summed E-state index contributed by atoms with van der Waals surface area (Å²) >= 11 is 0. The number of hydrogen-bond acceptors (Lipinski definition) is 3. The Kier molecular flexibility index (Phi) is 5.40. The molecular weight excluding hydrogens is 216 g/mol. The zero-order valence-electron chi connectivity index (χ0n) is 11.5. The highest BCUT2D eigenvalue weighted by molar-refractivity contribution is 5.77. The summed E-state index contributed by atoms with van der Waals surface area (Å²) in [6, 6.07) is 0.177. The van der Waals surface area contributed by atoms with Crippen molar-refractivity contribution >= 4 is 5.91 Å². The van der Waals surface area contributed by atoms with Gasteiger partial charge in [-0.25, -0.2) is 0 Å². The van der Waals surface area contributed by atoms with Gasteiger partial charge in [-0.1, -0.05) is 20.8 Å². The molecule has 0 aromatic heterocycles. The summed E-state index contributed by atoms with van der Waals surface area (Å²) < 4.78 is 5.59. The van der Waals surface area contributed by atoms with Crippen LogP contribution in [0.1, 0.15) is 40.5 Å². The van der Waals surface area contributed by atoms with Crippen LogP contribution < -0.4 is 5.73 Å². The molecule has 0 radical (unpaired) electrons. The molecule has 17 heavy (non-hydrogen) atoms. The average molecular weight is 242 g/mol. The largest absolute Gasteiger partial charge is 0.375 e. The molecule has 1 heterocycles. The Morgan fingerprint density at radius 3 is 2.71 bits per heavy atom. The van der Waals surface area contributed by atoms with Crippen LogP contribution in [-0.2, 0) is 9.53 Å². The van der Waals surface area contributed by atoms with E-state index in [2.05, 4.69) is 20.8 Å². The molecule has 0 aromatic rings. The highest BCUT2D eigenvalue weighted by atomic mass is 16.5. The number of hydrogen-bond donors (Lipinski definition) is 1. The number of nitrogens with zero attached hydrogens (tertiary/aromatic N) is 1. The van der Waals surface area contributed by atoms with Crippen LogP contribution in [0.2, 0.25) is 0 Å². The number of rotatable bonds is 4. The summed E-state index contributed by atoms with van der Waals surface area (Å²) in [5.41, 5.74) is 5.97. The maximum atomic E-state index is 12.2. The SMILES string of the molecule is CCC1COC(C)CN1C(=O)CC(N)C(C)C. The highest BCUT2D eigenvalue weighted by Crippen LogP contribution is 2.17. The minimum atomic E-state index is -0.0434. The van der Waals surface area contributed by atoms with E-state index in [4.69, 9.17) is 10.5 Å². The van der Waals surface area contributed by atoms with Crippen molar-refractivity contribution in [1.29, 1.82) is 0 Å². The molecule has 0 aromatic carbocycles. The van der Waals surface area contributed by atoms with Crippen molar-refractivity contribution in [3.05, 3.63) is 0 Å². The predicted octanol–water partition coefficient (Wildman–Crippen LogP) is 1.39. The maximum absolute atomic E-state index is 12.2. The minimum Gasteiger partial charge on any atom is -0.375 e. The Morgan fingerprint density at radius 1 is 1.53 bits per heavy atom. The molecule has 0 aliphatic carbocycles. The highest BCUT2D eigenvalue weighted by Gasteiger charge is 2.30. The number of morpholine rings is 1. The van der Waals surface area contributed by atoms with Gasteiger partial charge in [-0.15, -0.1) is 0 Å². The van der Waals surface area contributed by atoms with Gasteiger partial charge in [0.05, 0.1) is 18.8 Å². The molecule has 2 N–H and O–H groups in total. The molecule has 1 amide bonds. The lowest BCUT2D eigenvalue weighted by Gasteiger charge is -2.39. The smallest absolute Gasteiger partial charge is 0.224 e. The standard InChI is InChI=1S/C13H26N2O2/c1-5-11-8-17-10(4)7-15(11)13(16)6-12(14)9(2)3/h9-12H,5-8,14H2,1-4H3. The van der Waals surface area contributed by atoms with Gasteiger partial charge in [-0.3, -0.25) is 4.79 Å². The van der Waals surface area contributed by atoms with E-state index in [1.165, 1.54) is 0 Å². The van der Waals surface area contributed by atoms with E-state index in [1.807, 2.05) is 11.8 Å². The number of nitrogens with two attached hydrogens (primary N) is 1. The number of carbonyl (C=O) groups is 1. The van der Waals surface area contributed by atoms with Gasteiger partial charge in [0.2, 0.25) is 5.91 Å². The first-order valence-electron chi connectivity index (χ1n) is 6.62. The molecule has 0 saturated carbocycles. The second-order valence-electron chi connectivity index (χ2n) is 5.36. The molecular formula is C13H26N2O2. The van der Waals surface area contributed by atoms with Crippen molar-refractivity contribution in [1.82, 2.24) is 4.90 Å². The van der Waals surface area contributed by atoms with E-state index in [9.17, 15) is 4.79 Å². The number of ether oxygens (including phenoxy) is 1. The van der Waals surface area contributed by atoms with Gasteiger partial charge in [0.15, 0.2) is 0 Å². The van der Waals surface area contributed by atoms with E-state index in [0.717, 1.165) is 6.42 Å². The molecule has 0 spiro atoms. The summed E-state index contributed by atoms with van der Waals surface area (Å²) in [6.07, 6.45) is 1.52. The predicted molar refractivity (Wildman–Crippen MR) is 68.6 cm³/mol. The Morgan fingerprint density at radius 2 is 2.18 bits per heavy atom. The molecule has 0 bridgehead atoms. The van der Waals surface area contributed by atoms with E-state index >= 15 is 0 Å². The average Bonchev–Trinajstić information content (AvgIpc) is 2.28. The summed E-state index contributed by atoms with van der Waals surface area (Å²) in [5, 5.41) is 0. The molecule has 1 aliphatic rings. The maximum Gasteiger partial charge on any atom is 0.224 e. The van der Waals surface area contributed by atoms with Crippen molar-refractivity contribution in [3.8, 4) is 0 Å². The van der Waals surface area contributed by atoms with E-state index in [0.29, 0.717) is 25.5 Å². The van der Waals surface area contributed by atoms with Crippen molar-refractivity contribution in [3.63, 3.8) is 0 Å². The van der Waals surface area contributed by atoms with Crippen LogP contribution in [0.3, 0.4) is 0 Å². The lowest BCUT2D eigenvalue weighted by atomic mass is 10.0. The molecule has 1 aliphatic heterocycles. The summed E-state index contributed by atoms with van der Waals surface area (Å²) in [5.74, 6) is 0.519. The molecule has 100 valence electrons. The van der Waals surface area contributed by atoms with Crippen LogP contribution >= 0.6 is 0 Å². The Hall–Kier alpha value is -0.610. The lowest BCUT2D eigenvalue weighted by molar-refractivity contribution is -0.144. The Bertz CT molecular complexity index is 256. The molecule has 4 nitrogen and oxygen atoms in total. The van der Waals surface area contributed by atoms with Crippen LogP contribution in [0.5, 0.6) is 0 Å². The third-order valence-corrected chi connectivity index (χ3v) is 3.53. The normalized spacial score (nSPS) is 27.3. The second-order valence-corrected chi connectivity index (χ2v) is 5.36. The van der Waals surface area contributed by atoms with Crippen molar-refractivity contribution < 1.29 is 9.53 Å². The van der Waals surface area contributed by atoms with Gasteiger partial charge in [-0.05, 0) is 19.3 Å². The first-order chi connectivity index (χ1) is 7.95. The first kappa shape index (κ1) is 14.5. The summed E-state index contributed by atoms with van der Waals surface area (Å²) in [6.45, 7) is 9.55. The van der Waals surface area contributed by atoms with Crippen LogP contribution in [0.4, 0.5) is 0 Å². The topological polar surface area (TPSA) is 55.6 Å². The van der Waals surface area contributed by atoms with Crippen molar-refractivity contribution in [2.45, 2.75) is 58.7 Å². The third kappa shape index (κ3) is 3.96. The van der Waals surface area contributed by atoms with Gasteiger partial charge in [-0.2, -0.15) is 0 Å². The molecule has 3 unspecified atom stereocenters. The summed E-state index contributed by atoms with van der Waals surface area (Å²) in [4.78, 5) is 14.2. The molecule has 1 fully saturated rings. The Labute approximate surface area is 104 Å². The number of amides is 1. The lowest BCUT2D eigenvalue weighted by Crippen LogP contribution is -2.52. The zero-order chi connectivity index (χ0) is 13.0. The van der Waals surface area contributed by atoms with Gasteiger partial charge in [0.25, 0.3) is 0 Å². The second kappa shape index (κ2) is 6.36. The van der Waals surface area contributed by atoms with Crippen LogP contribution in [0, 0.1) is 5.92 Å². The van der Waals surface area contributed by atoms with Crippen molar-refractivity contribution in [2.75, 3.05) is 13.2 Å². The quantitative estimate of drug-likeness (QED) is 0.810.